The molecule has 1 fully saturated rings. The van der Waals surface area contributed by atoms with Crippen LogP contribution in [0.2, 0.25) is 0 Å². The van der Waals surface area contributed by atoms with E-state index < -0.39 is 0 Å². The fourth-order valence-electron chi connectivity index (χ4n) is 2.65. The lowest BCUT2D eigenvalue weighted by Gasteiger charge is -2.11. The average Bonchev–Trinajstić information content (AvgIpc) is 2.95. The molecule has 0 amide bonds. The van der Waals surface area contributed by atoms with E-state index in [2.05, 4.69) is 21.9 Å². The van der Waals surface area contributed by atoms with Crippen molar-refractivity contribution in [3.05, 3.63) is 24.2 Å². The fourth-order valence-corrected chi connectivity index (χ4v) is 2.65. The molecule has 0 aliphatic carbocycles. The Balaban J connectivity index is 1.75. The number of rotatable bonds is 3. The topological polar surface area (TPSA) is 59.5 Å². The number of nitrogens with two attached hydrogens (primary N) is 1. The van der Waals surface area contributed by atoms with E-state index >= 15 is 0 Å². The highest BCUT2D eigenvalue weighted by atomic mass is 15.3. The number of likely N-dealkylation sites (tertiary alicyclic amines) is 1. The summed E-state index contributed by atoms with van der Waals surface area (Å²) in [5.41, 5.74) is 7.32. The summed E-state index contributed by atoms with van der Waals surface area (Å²) in [4.78, 5) is 7.03. The highest BCUT2D eigenvalue weighted by Gasteiger charge is 2.22. The summed E-state index contributed by atoms with van der Waals surface area (Å²) in [5.74, 6) is 1.63. The molecule has 1 saturated heterocycles. The smallest absolute Gasteiger partial charge is 0.157 e. The summed E-state index contributed by atoms with van der Waals surface area (Å²) in [5, 5.41) is 4.50. The lowest BCUT2D eigenvalue weighted by atomic mass is 10.1. The molecule has 2 aromatic heterocycles. The van der Waals surface area contributed by atoms with Gasteiger partial charge in [0.1, 0.15) is 0 Å². The minimum atomic E-state index is 0.694. The van der Waals surface area contributed by atoms with E-state index in [1.165, 1.54) is 19.5 Å². The molecule has 1 atom stereocenters. The summed E-state index contributed by atoms with van der Waals surface area (Å²) >= 11 is 0. The van der Waals surface area contributed by atoms with E-state index in [-0.39, 0.29) is 0 Å². The van der Waals surface area contributed by atoms with Crippen molar-refractivity contribution in [2.75, 3.05) is 25.4 Å². The predicted octanol–water partition coefficient (Wildman–Crippen LogP) is 1.20. The molecular weight excluding hydrogens is 226 g/mol. The van der Waals surface area contributed by atoms with Crippen LogP contribution in [0.15, 0.2) is 18.3 Å². The van der Waals surface area contributed by atoms with Crippen LogP contribution in [0.25, 0.3) is 5.65 Å². The average molecular weight is 245 g/mol. The van der Waals surface area contributed by atoms with Crippen molar-refractivity contribution in [2.45, 2.75) is 19.8 Å². The Bertz CT molecular complexity index is 547. The molecule has 0 bridgehead atoms. The van der Waals surface area contributed by atoms with Crippen LogP contribution in [0.3, 0.4) is 0 Å². The molecule has 18 heavy (non-hydrogen) atoms. The zero-order chi connectivity index (χ0) is 12.5. The maximum Gasteiger partial charge on any atom is 0.157 e. The van der Waals surface area contributed by atoms with Gasteiger partial charge in [-0.3, -0.25) is 0 Å². The minimum absolute atomic E-state index is 0.694. The molecule has 96 valence electrons. The van der Waals surface area contributed by atoms with Crippen molar-refractivity contribution < 1.29 is 0 Å². The Morgan fingerprint density at radius 1 is 1.50 bits per heavy atom. The SMILES string of the molecule is CCN1CCC(Cc2nc3cc(N)ccn3n2)C1. The van der Waals surface area contributed by atoms with Crippen LogP contribution in [0.5, 0.6) is 0 Å². The lowest BCUT2D eigenvalue weighted by Crippen LogP contribution is -2.20. The quantitative estimate of drug-likeness (QED) is 0.882. The Labute approximate surface area is 107 Å². The molecule has 1 aliphatic heterocycles. The zero-order valence-corrected chi connectivity index (χ0v) is 10.7. The lowest BCUT2D eigenvalue weighted by molar-refractivity contribution is 0.341. The largest absolute Gasteiger partial charge is 0.399 e. The minimum Gasteiger partial charge on any atom is -0.399 e. The molecule has 3 rings (SSSR count). The first-order valence-electron chi connectivity index (χ1n) is 6.57. The van der Waals surface area contributed by atoms with Crippen LogP contribution < -0.4 is 5.73 Å². The number of nitrogens with zero attached hydrogens (tertiary/aromatic N) is 4. The third-order valence-corrected chi connectivity index (χ3v) is 3.69. The van der Waals surface area contributed by atoms with E-state index in [0.717, 1.165) is 30.1 Å². The molecule has 1 unspecified atom stereocenters. The first kappa shape index (κ1) is 11.5. The summed E-state index contributed by atoms with van der Waals surface area (Å²) in [6.07, 6.45) is 4.10. The summed E-state index contributed by atoms with van der Waals surface area (Å²) in [6.45, 7) is 5.75. The second-order valence-corrected chi connectivity index (χ2v) is 5.04. The van der Waals surface area contributed by atoms with Gasteiger partial charge in [-0.25, -0.2) is 9.50 Å². The molecule has 3 heterocycles. The molecule has 2 N–H and O–H groups in total. The molecule has 0 saturated carbocycles. The van der Waals surface area contributed by atoms with Crippen LogP contribution in [0.1, 0.15) is 19.2 Å². The van der Waals surface area contributed by atoms with Gasteiger partial charge in [0.05, 0.1) is 0 Å². The number of aromatic nitrogens is 3. The van der Waals surface area contributed by atoms with Crippen molar-refractivity contribution in [1.29, 1.82) is 0 Å². The van der Waals surface area contributed by atoms with E-state index in [0.29, 0.717) is 5.92 Å². The van der Waals surface area contributed by atoms with Gasteiger partial charge in [0.2, 0.25) is 0 Å². The number of hydrogen-bond acceptors (Lipinski definition) is 4. The van der Waals surface area contributed by atoms with Gasteiger partial charge in [-0.05, 0) is 31.5 Å². The van der Waals surface area contributed by atoms with Crippen molar-refractivity contribution in [1.82, 2.24) is 19.5 Å². The van der Waals surface area contributed by atoms with Crippen LogP contribution in [-0.2, 0) is 6.42 Å². The Hall–Kier alpha value is -1.62. The highest BCUT2D eigenvalue weighted by molar-refractivity contribution is 5.50. The second kappa shape index (κ2) is 4.57. The Kier molecular flexibility index (Phi) is 2.91. The first-order valence-corrected chi connectivity index (χ1v) is 6.57. The van der Waals surface area contributed by atoms with Crippen LogP contribution in [0, 0.1) is 5.92 Å². The van der Waals surface area contributed by atoms with Crippen molar-refractivity contribution in [2.24, 2.45) is 5.92 Å². The van der Waals surface area contributed by atoms with Gasteiger partial charge < -0.3 is 10.6 Å². The van der Waals surface area contributed by atoms with Gasteiger partial charge in [-0.15, -0.1) is 0 Å². The van der Waals surface area contributed by atoms with Crippen LogP contribution >= 0.6 is 0 Å². The molecule has 5 nitrogen and oxygen atoms in total. The van der Waals surface area contributed by atoms with E-state index in [1.807, 2.05) is 18.3 Å². The molecule has 1 aliphatic rings. The first-order chi connectivity index (χ1) is 8.74. The normalized spacial score (nSPS) is 20.8. The molecule has 0 radical (unpaired) electrons. The maximum absolute atomic E-state index is 5.75. The zero-order valence-electron chi connectivity index (χ0n) is 10.7. The van der Waals surface area contributed by atoms with Gasteiger partial charge in [0.25, 0.3) is 0 Å². The van der Waals surface area contributed by atoms with Crippen LogP contribution in [0.4, 0.5) is 5.69 Å². The van der Waals surface area contributed by atoms with Crippen LogP contribution in [-0.4, -0.2) is 39.1 Å². The van der Waals surface area contributed by atoms with E-state index in [1.54, 1.807) is 4.52 Å². The molecule has 0 spiro atoms. The number of nitrogen functional groups attached to an aromatic ring is 1. The summed E-state index contributed by atoms with van der Waals surface area (Å²) < 4.78 is 1.80. The summed E-state index contributed by atoms with van der Waals surface area (Å²) in [7, 11) is 0. The van der Waals surface area contributed by atoms with Gasteiger partial charge in [0.15, 0.2) is 11.5 Å². The van der Waals surface area contributed by atoms with E-state index in [9.17, 15) is 0 Å². The molecule has 2 aromatic rings. The fraction of sp³-hybridized carbons (Fsp3) is 0.538. The van der Waals surface area contributed by atoms with Gasteiger partial charge in [-0.1, -0.05) is 6.92 Å². The van der Waals surface area contributed by atoms with Gasteiger partial charge in [0, 0.05) is 30.9 Å². The number of pyridine rings is 1. The van der Waals surface area contributed by atoms with Crippen molar-refractivity contribution in [3.63, 3.8) is 0 Å². The molecule has 5 heteroatoms. The van der Waals surface area contributed by atoms with Gasteiger partial charge in [-0.2, -0.15) is 5.10 Å². The maximum atomic E-state index is 5.75. The van der Waals surface area contributed by atoms with E-state index in [4.69, 9.17) is 5.73 Å². The van der Waals surface area contributed by atoms with Crippen molar-refractivity contribution >= 4 is 11.3 Å². The standard InChI is InChI=1S/C13H19N5/c1-2-17-5-3-10(9-17)7-12-15-13-8-11(14)4-6-18(13)16-12/h4,6,8,10H,2-3,5,7,9,14H2,1H3. The predicted molar refractivity (Wildman–Crippen MR) is 71.3 cm³/mol. The monoisotopic (exact) mass is 245 g/mol. The summed E-state index contributed by atoms with van der Waals surface area (Å²) in [6, 6.07) is 3.71. The third kappa shape index (κ3) is 2.18. The third-order valence-electron chi connectivity index (χ3n) is 3.69. The Morgan fingerprint density at radius 3 is 3.17 bits per heavy atom. The highest BCUT2D eigenvalue weighted by Crippen LogP contribution is 2.19. The Morgan fingerprint density at radius 2 is 2.39 bits per heavy atom. The van der Waals surface area contributed by atoms with Crippen molar-refractivity contribution in [3.8, 4) is 0 Å². The second-order valence-electron chi connectivity index (χ2n) is 5.04. The van der Waals surface area contributed by atoms with Gasteiger partial charge >= 0.3 is 0 Å². The molecule has 0 aromatic carbocycles. The number of hydrogen-bond donors (Lipinski definition) is 1. The number of fused-ring (bicyclic) bond motifs is 1. The molecular formula is C13H19N5. The number of anilines is 1.